The Morgan fingerprint density at radius 3 is 1.92 bits per heavy atom. The van der Waals surface area contributed by atoms with Crippen LogP contribution in [0.4, 0.5) is 0 Å². The maximum atomic E-state index is 9.47. The molecule has 0 spiro atoms. The lowest BCUT2D eigenvalue weighted by molar-refractivity contribution is 0.304. The van der Waals surface area contributed by atoms with Gasteiger partial charge in [-0.1, -0.05) is 39.7 Å². The lowest BCUT2D eigenvalue weighted by Gasteiger charge is -2.05. The van der Waals surface area contributed by atoms with E-state index in [1.54, 1.807) is 25.1 Å². The molecular formula is C17H15N3O4. The van der Waals surface area contributed by atoms with E-state index in [0.717, 1.165) is 11.1 Å². The third kappa shape index (κ3) is 2.31. The van der Waals surface area contributed by atoms with Crippen LogP contribution in [0.1, 0.15) is 29.2 Å². The van der Waals surface area contributed by atoms with E-state index in [0.29, 0.717) is 33.7 Å². The first-order chi connectivity index (χ1) is 11.6. The van der Waals surface area contributed by atoms with Crippen molar-refractivity contribution in [2.75, 3.05) is 6.61 Å². The minimum Gasteiger partial charge on any atom is -0.411 e. The molecule has 0 amide bonds. The summed E-state index contributed by atoms with van der Waals surface area (Å²) in [6.45, 7) is 1.26. The second kappa shape index (κ2) is 6.13. The zero-order chi connectivity index (χ0) is 17.3. The van der Waals surface area contributed by atoms with E-state index in [-0.39, 0.29) is 5.71 Å². The summed E-state index contributed by atoms with van der Waals surface area (Å²) in [6.07, 6.45) is 0. The van der Waals surface area contributed by atoms with Crippen molar-refractivity contribution in [3.05, 3.63) is 58.7 Å². The lowest BCUT2D eigenvalue weighted by atomic mass is 10.0. The molecule has 0 atom stereocenters. The van der Waals surface area contributed by atoms with Gasteiger partial charge < -0.3 is 20.7 Å². The first-order valence-electron chi connectivity index (χ1n) is 7.17. The molecule has 0 fully saturated rings. The Bertz CT molecular complexity index is 901. The second-order valence-electron chi connectivity index (χ2n) is 5.36. The van der Waals surface area contributed by atoms with E-state index in [1.165, 1.54) is 0 Å². The summed E-state index contributed by atoms with van der Waals surface area (Å²) >= 11 is 0. The average Bonchev–Trinajstić information content (AvgIpc) is 2.94. The molecule has 3 rings (SSSR count). The predicted octanol–water partition coefficient (Wildman–Crippen LogP) is 2.26. The molecule has 0 aromatic heterocycles. The van der Waals surface area contributed by atoms with Crippen molar-refractivity contribution in [2.45, 2.75) is 6.92 Å². The minimum atomic E-state index is -0.413. The number of hydrogen-bond donors (Lipinski definition) is 4. The quantitative estimate of drug-likeness (QED) is 0.335. The summed E-state index contributed by atoms with van der Waals surface area (Å²) < 4.78 is 0. The molecule has 0 saturated heterocycles. The summed E-state index contributed by atoms with van der Waals surface area (Å²) in [5, 5.41) is 46.3. The first-order valence-corrected chi connectivity index (χ1v) is 7.17. The molecule has 24 heavy (non-hydrogen) atoms. The number of aliphatic hydroxyl groups is 1. The second-order valence-corrected chi connectivity index (χ2v) is 5.36. The number of hydrogen-bond acceptors (Lipinski definition) is 7. The third-order valence-electron chi connectivity index (χ3n) is 4.11. The van der Waals surface area contributed by atoms with E-state index in [4.69, 9.17) is 10.4 Å². The van der Waals surface area contributed by atoms with E-state index in [1.807, 2.05) is 18.2 Å². The number of fused-ring (bicyclic) bond motifs is 3. The molecule has 2 aromatic carbocycles. The standard InChI is InChI=1S/C17H15N3O4/c1-9(18-22)10-2-4-12-13-5-3-11(16(8-21)19-23)7-15(13)17(20-24)14(12)6-10/h2-7,21-24H,8H2,1H3/b18-9+,19-16+,20-17+. The molecule has 1 aliphatic carbocycles. The van der Waals surface area contributed by atoms with Crippen LogP contribution in [0.2, 0.25) is 0 Å². The number of aliphatic hydroxyl groups excluding tert-OH is 1. The number of nitrogens with zero attached hydrogens (tertiary/aromatic N) is 3. The summed E-state index contributed by atoms with van der Waals surface area (Å²) in [5.74, 6) is 0. The molecule has 122 valence electrons. The molecule has 0 bridgehead atoms. The van der Waals surface area contributed by atoms with Crippen LogP contribution in [-0.2, 0) is 0 Å². The zero-order valence-electron chi connectivity index (χ0n) is 12.8. The molecule has 0 heterocycles. The SMILES string of the molecule is C/C(=N\O)c1ccc2c(c1)/C(=N\O)c1cc(/C(CO)=N/O)ccc1-2. The van der Waals surface area contributed by atoms with Crippen LogP contribution in [0.15, 0.2) is 51.9 Å². The molecule has 0 saturated carbocycles. The van der Waals surface area contributed by atoms with Crippen LogP contribution in [0, 0.1) is 0 Å². The fraction of sp³-hybridized carbons (Fsp3) is 0.118. The zero-order valence-corrected chi connectivity index (χ0v) is 12.8. The molecule has 1 aliphatic rings. The van der Waals surface area contributed by atoms with Gasteiger partial charge in [0.2, 0.25) is 0 Å². The van der Waals surface area contributed by atoms with Crippen LogP contribution in [0.3, 0.4) is 0 Å². The molecule has 0 unspecified atom stereocenters. The van der Waals surface area contributed by atoms with Crippen LogP contribution in [0.25, 0.3) is 11.1 Å². The third-order valence-corrected chi connectivity index (χ3v) is 4.11. The maximum absolute atomic E-state index is 9.47. The van der Waals surface area contributed by atoms with E-state index >= 15 is 0 Å². The van der Waals surface area contributed by atoms with E-state index in [2.05, 4.69) is 15.5 Å². The topological polar surface area (TPSA) is 118 Å². The molecular weight excluding hydrogens is 310 g/mol. The van der Waals surface area contributed by atoms with Gasteiger partial charge in [-0.15, -0.1) is 0 Å². The van der Waals surface area contributed by atoms with E-state index < -0.39 is 6.61 Å². The van der Waals surface area contributed by atoms with Gasteiger partial charge in [-0.3, -0.25) is 0 Å². The average molecular weight is 325 g/mol. The Labute approximate surface area is 137 Å². The monoisotopic (exact) mass is 325 g/mol. The summed E-state index contributed by atoms with van der Waals surface area (Å²) in [6, 6.07) is 10.7. The fourth-order valence-corrected chi connectivity index (χ4v) is 2.85. The molecule has 0 radical (unpaired) electrons. The van der Waals surface area contributed by atoms with Gasteiger partial charge in [-0.05, 0) is 35.7 Å². The van der Waals surface area contributed by atoms with Gasteiger partial charge in [-0.2, -0.15) is 0 Å². The smallest absolute Gasteiger partial charge is 0.118 e. The van der Waals surface area contributed by atoms with Crippen molar-refractivity contribution >= 4 is 17.1 Å². The Morgan fingerprint density at radius 2 is 1.42 bits per heavy atom. The van der Waals surface area contributed by atoms with Crippen molar-refractivity contribution in [1.82, 2.24) is 0 Å². The Balaban J connectivity index is 2.18. The van der Waals surface area contributed by atoms with Crippen LogP contribution in [0.5, 0.6) is 0 Å². The Kier molecular flexibility index (Phi) is 4.01. The Morgan fingerprint density at radius 1 is 0.833 bits per heavy atom. The van der Waals surface area contributed by atoms with Crippen molar-refractivity contribution in [3.63, 3.8) is 0 Å². The van der Waals surface area contributed by atoms with Gasteiger partial charge in [0, 0.05) is 16.7 Å². The molecule has 0 aliphatic heterocycles. The summed E-state index contributed by atoms with van der Waals surface area (Å²) in [7, 11) is 0. The highest BCUT2D eigenvalue weighted by Gasteiger charge is 2.27. The van der Waals surface area contributed by atoms with Gasteiger partial charge in [0.05, 0.1) is 12.3 Å². The van der Waals surface area contributed by atoms with Gasteiger partial charge in [0.25, 0.3) is 0 Å². The Hall–Kier alpha value is -3.19. The number of rotatable bonds is 3. The van der Waals surface area contributed by atoms with Crippen molar-refractivity contribution in [2.24, 2.45) is 15.5 Å². The fourth-order valence-electron chi connectivity index (χ4n) is 2.85. The van der Waals surface area contributed by atoms with Crippen molar-refractivity contribution < 1.29 is 20.7 Å². The number of benzene rings is 2. The van der Waals surface area contributed by atoms with Gasteiger partial charge >= 0.3 is 0 Å². The predicted molar refractivity (Wildman–Crippen MR) is 88.7 cm³/mol. The molecule has 7 heteroatoms. The highest BCUT2D eigenvalue weighted by atomic mass is 16.4. The maximum Gasteiger partial charge on any atom is 0.118 e. The van der Waals surface area contributed by atoms with Crippen molar-refractivity contribution in [3.8, 4) is 11.1 Å². The van der Waals surface area contributed by atoms with Gasteiger partial charge in [0.1, 0.15) is 11.4 Å². The van der Waals surface area contributed by atoms with Gasteiger partial charge in [-0.25, -0.2) is 0 Å². The molecule has 7 nitrogen and oxygen atoms in total. The molecule has 4 N–H and O–H groups in total. The van der Waals surface area contributed by atoms with E-state index in [9.17, 15) is 10.3 Å². The van der Waals surface area contributed by atoms with Gasteiger partial charge in [0.15, 0.2) is 0 Å². The largest absolute Gasteiger partial charge is 0.411 e. The number of oxime groups is 3. The lowest BCUT2D eigenvalue weighted by Crippen LogP contribution is -2.08. The van der Waals surface area contributed by atoms with Crippen LogP contribution in [-0.4, -0.2) is 44.5 Å². The highest BCUT2D eigenvalue weighted by Crippen LogP contribution is 2.38. The van der Waals surface area contributed by atoms with Crippen LogP contribution >= 0.6 is 0 Å². The molecule has 2 aromatic rings. The summed E-state index contributed by atoms with van der Waals surface area (Å²) in [4.78, 5) is 0. The highest BCUT2D eigenvalue weighted by molar-refractivity contribution is 6.25. The first kappa shape index (κ1) is 15.7. The summed E-state index contributed by atoms with van der Waals surface area (Å²) in [5.41, 5.74) is 5.28. The van der Waals surface area contributed by atoms with Crippen molar-refractivity contribution in [1.29, 1.82) is 0 Å². The normalized spacial score (nSPS) is 15.5. The minimum absolute atomic E-state index is 0.120. The van der Waals surface area contributed by atoms with Crippen LogP contribution < -0.4 is 0 Å².